The molecule has 0 bridgehead atoms. The zero-order valence-corrected chi connectivity index (χ0v) is 36.4. The van der Waals surface area contributed by atoms with Crippen LogP contribution in [0, 0.1) is 17.8 Å². The van der Waals surface area contributed by atoms with Crippen molar-refractivity contribution < 1.29 is 4.42 Å². The van der Waals surface area contributed by atoms with E-state index in [2.05, 4.69) is 190 Å². The molecule has 306 valence electrons. The average Bonchev–Trinajstić information content (AvgIpc) is 3.87. The number of benzene rings is 6. The lowest BCUT2D eigenvalue weighted by Gasteiger charge is -2.39. The van der Waals surface area contributed by atoms with Gasteiger partial charge in [0.15, 0.2) is 0 Å². The molecule has 1 saturated carbocycles. The first-order chi connectivity index (χ1) is 30.3. The Hall–Kier alpha value is -5.86. The summed E-state index contributed by atoms with van der Waals surface area (Å²) in [4.78, 5) is 2.60. The van der Waals surface area contributed by atoms with Crippen LogP contribution in [0.3, 0.4) is 0 Å². The maximum absolute atomic E-state index is 7.17. The molecule has 0 spiro atoms. The fraction of sp³-hybridized carbons (Fsp3) is 0.300. The highest BCUT2D eigenvalue weighted by Crippen LogP contribution is 2.60. The van der Waals surface area contributed by atoms with Crippen LogP contribution in [0.4, 0.5) is 11.4 Å². The summed E-state index contributed by atoms with van der Waals surface area (Å²) in [6, 6.07) is 44.4. The van der Waals surface area contributed by atoms with Gasteiger partial charge in [-0.15, -0.1) is 0 Å². The summed E-state index contributed by atoms with van der Waals surface area (Å²) >= 11 is 0. The molecule has 2 heteroatoms. The van der Waals surface area contributed by atoms with Gasteiger partial charge < -0.3 is 9.32 Å². The Balaban J connectivity index is 0.993. The van der Waals surface area contributed by atoms with Crippen molar-refractivity contribution in [2.24, 2.45) is 17.8 Å². The van der Waals surface area contributed by atoms with E-state index < -0.39 is 0 Å². The Morgan fingerprint density at radius 1 is 0.597 bits per heavy atom. The number of anilines is 2. The zero-order valence-electron chi connectivity index (χ0n) is 36.4. The molecule has 62 heavy (non-hydrogen) atoms. The van der Waals surface area contributed by atoms with Crippen LogP contribution in [-0.4, -0.2) is 0 Å². The van der Waals surface area contributed by atoms with Crippen LogP contribution in [0.1, 0.15) is 122 Å². The summed E-state index contributed by atoms with van der Waals surface area (Å²) in [5.74, 6) is 3.27. The zero-order chi connectivity index (χ0) is 41.5. The van der Waals surface area contributed by atoms with Gasteiger partial charge in [0.1, 0.15) is 11.2 Å². The molecule has 6 aliphatic rings. The van der Waals surface area contributed by atoms with Crippen LogP contribution >= 0.6 is 0 Å². The minimum Gasteiger partial charge on any atom is -0.456 e. The molecule has 13 rings (SSSR count). The number of rotatable bonds is 4. The standard InChI is InChI=1S/C60H55NO/c1-59(2)51-23-13-11-20-44(51)46-28-25-38(32-53(46)59)57-42-18-8-6-15-36(42)31-50-49-34-39(27-30-56(49)62-58(50)57)61(55-33-37-16-5-7-17-41(37)43-19-9-10-22-48(43)55)40-26-29-47-45-21-12-14-24-52(45)60(3,4)54(47)35-40/h5-11,13-20,22-24,26-27,29-31,33-35,38,43,45-46,48,52-53H,12,21,25,28,32H2,1-4H3. The predicted octanol–water partition coefficient (Wildman–Crippen LogP) is 16.1. The van der Waals surface area contributed by atoms with Crippen LogP contribution in [0.15, 0.2) is 162 Å². The normalized spacial score (nSPS) is 27.0. The Kier molecular flexibility index (Phi) is 7.90. The van der Waals surface area contributed by atoms with E-state index in [1.165, 1.54) is 93.0 Å². The minimum atomic E-state index is 0.0555. The topological polar surface area (TPSA) is 16.4 Å². The van der Waals surface area contributed by atoms with Gasteiger partial charge in [-0.05, 0) is 159 Å². The molecule has 0 N–H and O–H groups in total. The Morgan fingerprint density at radius 3 is 2.26 bits per heavy atom. The van der Waals surface area contributed by atoms with Crippen molar-refractivity contribution in [1.82, 2.24) is 0 Å². The molecule has 6 aromatic carbocycles. The first-order valence-electron chi connectivity index (χ1n) is 23.5. The quantitative estimate of drug-likeness (QED) is 0.165. The number of hydrogen-bond donors (Lipinski definition) is 0. The summed E-state index contributed by atoms with van der Waals surface area (Å²) in [7, 11) is 0. The number of nitrogens with zero attached hydrogens (tertiary/aromatic N) is 1. The van der Waals surface area contributed by atoms with E-state index in [1.54, 1.807) is 16.7 Å². The van der Waals surface area contributed by atoms with Crippen molar-refractivity contribution in [1.29, 1.82) is 0 Å². The summed E-state index contributed by atoms with van der Waals surface area (Å²) in [5.41, 5.74) is 16.3. The average molecular weight is 806 g/mol. The first kappa shape index (κ1) is 36.8. The first-order valence-corrected chi connectivity index (χ1v) is 23.5. The molecule has 7 unspecified atom stereocenters. The molecule has 0 saturated heterocycles. The molecule has 1 fully saturated rings. The van der Waals surface area contributed by atoms with Crippen LogP contribution in [0.5, 0.6) is 0 Å². The van der Waals surface area contributed by atoms with Gasteiger partial charge in [-0.25, -0.2) is 0 Å². The van der Waals surface area contributed by atoms with Gasteiger partial charge in [0.05, 0.1) is 0 Å². The fourth-order valence-corrected chi connectivity index (χ4v) is 14.1. The van der Waals surface area contributed by atoms with Gasteiger partial charge >= 0.3 is 0 Å². The fourth-order valence-electron chi connectivity index (χ4n) is 14.1. The largest absolute Gasteiger partial charge is 0.456 e. The minimum absolute atomic E-state index is 0.0555. The molecule has 2 nitrogen and oxygen atoms in total. The van der Waals surface area contributed by atoms with E-state index in [-0.39, 0.29) is 22.7 Å². The molecule has 0 radical (unpaired) electrons. The Morgan fingerprint density at radius 2 is 1.35 bits per heavy atom. The van der Waals surface area contributed by atoms with Crippen molar-refractivity contribution >= 4 is 50.2 Å². The maximum atomic E-state index is 7.17. The van der Waals surface area contributed by atoms with E-state index in [1.807, 2.05) is 0 Å². The second kappa shape index (κ2) is 13.3. The van der Waals surface area contributed by atoms with Crippen LogP contribution in [-0.2, 0) is 10.8 Å². The molecular formula is C60H55NO. The second-order valence-corrected chi connectivity index (χ2v) is 20.7. The van der Waals surface area contributed by atoms with Crippen molar-refractivity contribution in [2.45, 2.75) is 94.3 Å². The van der Waals surface area contributed by atoms with E-state index in [0.717, 1.165) is 11.2 Å². The van der Waals surface area contributed by atoms with Gasteiger partial charge in [-0.3, -0.25) is 0 Å². The highest BCUT2D eigenvalue weighted by molar-refractivity contribution is 6.13. The summed E-state index contributed by atoms with van der Waals surface area (Å²) in [5, 5.41) is 5.09. The van der Waals surface area contributed by atoms with Crippen molar-refractivity contribution in [3.63, 3.8) is 0 Å². The third kappa shape index (κ3) is 5.16. The number of fused-ring (bicyclic) bond motifs is 13. The molecule has 7 atom stereocenters. The van der Waals surface area contributed by atoms with E-state index in [0.29, 0.717) is 29.6 Å². The molecule has 6 aliphatic carbocycles. The summed E-state index contributed by atoms with van der Waals surface area (Å²) in [6.45, 7) is 9.96. The lowest BCUT2D eigenvalue weighted by Crippen LogP contribution is -2.30. The summed E-state index contributed by atoms with van der Waals surface area (Å²) < 4.78 is 7.17. The van der Waals surface area contributed by atoms with Crippen LogP contribution in [0.2, 0.25) is 0 Å². The van der Waals surface area contributed by atoms with Gasteiger partial charge in [0.2, 0.25) is 0 Å². The van der Waals surface area contributed by atoms with Gasteiger partial charge in [-0.2, -0.15) is 0 Å². The smallest absolute Gasteiger partial charge is 0.139 e. The Labute approximate surface area is 366 Å². The molecule has 0 aliphatic heterocycles. The number of hydrogen-bond acceptors (Lipinski definition) is 2. The molecule has 1 heterocycles. The van der Waals surface area contributed by atoms with E-state index in [4.69, 9.17) is 4.42 Å². The van der Waals surface area contributed by atoms with Crippen molar-refractivity contribution in [3.8, 4) is 0 Å². The molecular weight excluding hydrogens is 751 g/mol. The monoisotopic (exact) mass is 805 g/mol. The predicted molar refractivity (Wildman–Crippen MR) is 259 cm³/mol. The van der Waals surface area contributed by atoms with Gasteiger partial charge in [0, 0.05) is 45.2 Å². The molecule has 1 aromatic heterocycles. The lowest BCUT2D eigenvalue weighted by atomic mass is 9.65. The van der Waals surface area contributed by atoms with E-state index in [9.17, 15) is 0 Å². The van der Waals surface area contributed by atoms with E-state index >= 15 is 0 Å². The second-order valence-electron chi connectivity index (χ2n) is 20.7. The highest BCUT2D eigenvalue weighted by atomic mass is 16.3. The van der Waals surface area contributed by atoms with Crippen molar-refractivity contribution in [3.05, 3.63) is 196 Å². The summed E-state index contributed by atoms with van der Waals surface area (Å²) in [6.07, 6.45) is 22.7. The SMILES string of the molecule is CC1(C)c2cc(N(C3=Cc4ccccc4C4C=CC=CC34)c3ccc4oc5c(C6CCC7c8ccccc8C(C)(C)C7C6)c6ccccc6cc5c4c3)ccc2C2CCC=CC21. The molecule has 7 aromatic rings. The maximum Gasteiger partial charge on any atom is 0.139 e. The van der Waals surface area contributed by atoms with Crippen LogP contribution in [0.25, 0.3) is 38.8 Å². The van der Waals surface area contributed by atoms with Crippen LogP contribution < -0.4 is 4.90 Å². The van der Waals surface area contributed by atoms with Gasteiger partial charge in [-0.1, -0.05) is 143 Å². The third-order valence-corrected chi connectivity index (χ3v) is 17.0. The number of allylic oxidation sites excluding steroid dienone is 6. The Bertz CT molecular complexity index is 3130. The van der Waals surface area contributed by atoms with Crippen molar-refractivity contribution in [2.75, 3.05) is 4.90 Å². The van der Waals surface area contributed by atoms with Gasteiger partial charge in [0.25, 0.3) is 0 Å². The number of furan rings is 1. The third-order valence-electron chi connectivity index (χ3n) is 17.0. The highest BCUT2D eigenvalue weighted by Gasteiger charge is 2.49. The lowest BCUT2D eigenvalue weighted by molar-refractivity contribution is 0.213. The molecule has 0 amide bonds.